The third-order valence-corrected chi connectivity index (χ3v) is 3.88. The molecule has 0 aliphatic carbocycles. The lowest BCUT2D eigenvalue weighted by Gasteiger charge is -2.26. The summed E-state index contributed by atoms with van der Waals surface area (Å²) in [7, 11) is 0. The Bertz CT molecular complexity index is 543. The van der Waals surface area contributed by atoms with Crippen LogP contribution in [0.3, 0.4) is 0 Å². The third kappa shape index (κ3) is 5.64. The molecule has 1 nitrogen and oxygen atoms in total. The van der Waals surface area contributed by atoms with Gasteiger partial charge in [0.25, 0.3) is 5.92 Å². The second kappa shape index (κ2) is 7.71. The molecule has 0 aliphatic heterocycles. The number of hydrogen-bond donors (Lipinski definition) is 0. The van der Waals surface area contributed by atoms with Crippen LogP contribution in [0.15, 0.2) is 30.3 Å². The molecule has 0 heterocycles. The first-order chi connectivity index (χ1) is 10.9. The minimum Gasteiger partial charge on any atom is -0.282 e. The van der Waals surface area contributed by atoms with Crippen molar-refractivity contribution in [2.75, 3.05) is 5.75 Å². The molecule has 0 aliphatic rings. The van der Waals surface area contributed by atoms with E-state index in [1.54, 1.807) is 18.2 Å². The maximum Gasteiger partial charge on any atom is 0.453 e. The van der Waals surface area contributed by atoms with Gasteiger partial charge in [-0.05, 0) is 6.42 Å². The summed E-state index contributed by atoms with van der Waals surface area (Å²) >= 11 is 0.476. The molecule has 0 saturated carbocycles. The number of rotatable bonds is 7. The molecule has 10 heteroatoms. The highest BCUT2D eigenvalue weighted by molar-refractivity contribution is 8.14. The fraction of sp³-hybridized carbons (Fsp3) is 0.500. The van der Waals surface area contributed by atoms with E-state index in [0.717, 1.165) is 0 Å². The minimum atomic E-state index is -6.19. The van der Waals surface area contributed by atoms with Crippen LogP contribution < -0.4 is 0 Å². The highest BCUT2D eigenvalue weighted by Gasteiger charge is 2.63. The van der Waals surface area contributed by atoms with Crippen molar-refractivity contribution in [2.45, 2.75) is 37.0 Å². The standard InChI is InChI=1S/C14H12F8OS/c15-10(12(16,17)8-13(18,19)14(20,21)22)6-7-24-11(23)9-4-2-1-3-5-9/h1-5,10H,6-8H2. The van der Waals surface area contributed by atoms with Gasteiger partial charge >= 0.3 is 12.1 Å². The van der Waals surface area contributed by atoms with E-state index < -0.39 is 47.9 Å². The van der Waals surface area contributed by atoms with Crippen LogP contribution >= 0.6 is 11.8 Å². The molecule has 1 aromatic rings. The summed E-state index contributed by atoms with van der Waals surface area (Å²) in [6.07, 6.45) is -13.4. The first-order valence-electron chi connectivity index (χ1n) is 6.55. The number of carbonyl (C=O) groups excluding carboxylic acids is 1. The van der Waals surface area contributed by atoms with Crippen molar-refractivity contribution in [3.8, 4) is 0 Å². The van der Waals surface area contributed by atoms with E-state index in [9.17, 15) is 39.9 Å². The Labute approximate surface area is 136 Å². The third-order valence-electron chi connectivity index (χ3n) is 2.94. The largest absolute Gasteiger partial charge is 0.453 e. The Hall–Kier alpha value is -1.32. The molecule has 0 N–H and O–H groups in total. The molecular weight excluding hydrogens is 368 g/mol. The molecule has 1 unspecified atom stereocenters. The summed E-state index contributed by atoms with van der Waals surface area (Å²) in [5, 5.41) is -0.549. The van der Waals surface area contributed by atoms with Crippen molar-refractivity contribution in [1.82, 2.24) is 0 Å². The van der Waals surface area contributed by atoms with Crippen LogP contribution in [0.5, 0.6) is 0 Å². The quantitative estimate of drug-likeness (QED) is 0.580. The number of benzene rings is 1. The van der Waals surface area contributed by atoms with E-state index in [2.05, 4.69) is 0 Å². The molecule has 0 spiro atoms. The molecule has 0 saturated heterocycles. The van der Waals surface area contributed by atoms with E-state index in [1.807, 2.05) is 0 Å². The first kappa shape index (κ1) is 20.7. The van der Waals surface area contributed by atoms with E-state index in [0.29, 0.717) is 11.8 Å². The molecule has 24 heavy (non-hydrogen) atoms. The smallest absolute Gasteiger partial charge is 0.282 e. The summed E-state index contributed by atoms with van der Waals surface area (Å²) in [5.41, 5.74) is 0.230. The Morgan fingerprint density at radius 3 is 2.04 bits per heavy atom. The zero-order valence-electron chi connectivity index (χ0n) is 11.9. The summed E-state index contributed by atoms with van der Waals surface area (Å²) in [6, 6.07) is 7.57. The Morgan fingerprint density at radius 2 is 1.54 bits per heavy atom. The van der Waals surface area contributed by atoms with E-state index in [1.165, 1.54) is 12.1 Å². The van der Waals surface area contributed by atoms with Gasteiger partial charge in [-0.3, -0.25) is 4.79 Å². The van der Waals surface area contributed by atoms with Crippen molar-refractivity contribution >= 4 is 16.9 Å². The van der Waals surface area contributed by atoms with Gasteiger partial charge in [0.05, 0.1) is 6.42 Å². The van der Waals surface area contributed by atoms with Gasteiger partial charge in [0.1, 0.15) is 0 Å². The van der Waals surface area contributed by atoms with Crippen molar-refractivity contribution in [2.24, 2.45) is 0 Å². The fourth-order valence-corrected chi connectivity index (χ4v) is 2.44. The van der Waals surface area contributed by atoms with Crippen LogP contribution in [0.1, 0.15) is 23.2 Å². The number of hydrogen-bond acceptors (Lipinski definition) is 2. The maximum absolute atomic E-state index is 13.4. The van der Waals surface area contributed by atoms with Crippen molar-refractivity contribution in [3.05, 3.63) is 35.9 Å². The Kier molecular flexibility index (Phi) is 6.66. The predicted octanol–water partition coefficient (Wildman–Crippen LogP) is 5.51. The Morgan fingerprint density at radius 1 is 1.00 bits per heavy atom. The van der Waals surface area contributed by atoms with Crippen LogP contribution in [-0.4, -0.2) is 35.1 Å². The zero-order chi connectivity index (χ0) is 18.6. The topological polar surface area (TPSA) is 17.1 Å². The van der Waals surface area contributed by atoms with Gasteiger partial charge < -0.3 is 0 Å². The lowest BCUT2D eigenvalue weighted by Crippen LogP contribution is -2.45. The second-order valence-corrected chi connectivity index (χ2v) is 5.97. The predicted molar refractivity (Wildman–Crippen MR) is 73.3 cm³/mol. The summed E-state index contributed by atoms with van der Waals surface area (Å²) in [6.45, 7) is 0. The van der Waals surface area contributed by atoms with Crippen LogP contribution in [0.4, 0.5) is 35.1 Å². The summed E-state index contributed by atoms with van der Waals surface area (Å²) in [4.78, 5) is 11.6. The lowest BCUT2D eigenvalue weighted by atomic mass is 10.0. The van der Waals surface area contributed by atoms with Gasteiger partial charge in [-0.15, -0.1) is 0 Å². The van der Waals surface area contributed by atoms with Crippen molar-refractivity contribution < 1.29 is 39.9 Å². The SMILES string of the molecule is O=C(SCCC(F)C(F)(F)CC(F)(F)C(F)(F)F)c1ccccc1. The van der Waals surface area contributed by atoms with E-state index >= 15 is 0 Å². The van der Waals surface area contributed by atoms with E-state index in [4.69, 9.17) is 0 Å². The van der Waals surface area contributed by atoms with Gasteiger partial charge in [-0.1, -0.05) is 42.1 Å². The van der Waals surface area contributed by atoms with Gasteiger partial charge in [0, 0.05) is 11.3 Å². The van der Waals surface area contributed by atoms with Crippen molar-refractivity contribution in [3.63, 3.8) is 0 Å². The highest BCUT2D eigenvalue weighted by atomic mass is 32.2. The van der Waals surface area contributed by atoms with Crippen molar-refractivity contribution in [1.29, 1.82) is 0 Å². The molecule has 1 aromatic carbocycles. The van der Waals surface area contributed by atoms with Crippen LogP contribution in [0.25, 0.3) is 0 Å². The molecular formula is C14H12F8OS. The normalized spacial score (nSPS) is 14.5. The zero-order valence-corrected chi connectivity index (χ0v) is 12.7. The molecule has 136 valence electrons. The number of thioether (sulfide) groups is 1. The first-order valence-corrected chi connectivity index (χ1v) is 7.54. The average Bonchev–Trinajstić information content (AvgIpc) is 2.45. The van der Waals surface area contributed by atoms with Gasteiger partial charge in [0.2, 0.25) is 5.12 Å². The fourth-order valence-electron chi connectivity index (χ4n) is 1.63. The molecule has 0 aromatic heterocycles. The summed E-state index contributed by atoms with van der Waals surface area (Å²) in [5.74, 6) is -11.1. The highest BCUT2D eigenvalue weighted by Crippen LogP contribution is 2.44. The van der Waals surface area contributed by atoms with Gasteiger partial charge in [-0.25, -0.2) is 13.2 Å². The molecule has 0 radical (unpaired) electrons. The molecule has 1 rings (SSSR count). The average molecular weight is 380 g/mol. The number of halogens is 8. The number of carbonyl (C=O) groups is 1. The summed E-state index contributed by atoms with van der Waals surface area (Å²) < 4.78 is 101. The van der Waals surface area contributed by atoms with E-state index in [-0.39, 0.29) is 5.56 Å². The van der Waals surface area contributed by atoms with Gasteiger partial charge in [-0.2, -0.15) is 22.0 Å². The number of alkyl halides is 8. The minimum absolute atomic E-state index is 0.230. The van der Waals surface area contributed by atoms with Crippen LogP contribution in [0.2, 0.25) is 0 Å². The lowest BCUT2D eigenvalue weighted by molar-refractivity contribution is -0.304. The van der Waals surface area contributed by atoms with Crippen LogP contribution in [0, 0.1) is 0 Å². The molecule has 0 amide bonds. The molecule has 1 atom stereocenters. The van der Waals surface area contributed by atoms with Gasteiger partial charge in [0.15, 0.2) is 6.17 Å². The monoisotopic (exact) mass is 380 g/mol. The molecule has 0 fully saturated rings. The van der Waals surface area contributed by atoms with Crippen LogP contribution in [-0.2, 0) is 0 Å². The second-order valence-electron chi connectivity index (χ2n) is 4.90. The maximum atomic E-state index is 13.4. The molecule has 0 bridgehead atoms. The Balaban J connectivity index is 2.54.